The van der Waals surface area contributed by atoms with E-state index in [1.807, 2.05) is 23.1 Å². The molecule has 2 fully saturated rings. The van der Waals surface area contributed by atoms with Crippen molar-refractivity contribution >= 4 is 27.5 Å². The second-order valence-electron chi connectivity index (χ2n) is 8.54. The number of carbonyl (C=O) groups is 1. The number of piperidine rings is 1. The molecule has 0 bridgehead atoms. The van der Waals surface area contributed by atoms with E-state index in [0.29, 0.717) is 24.4 Å². The molecule has 2 aliphatic rings. The highest BCUT2D eigenvalue weighted by Crippen LogP contribution is 2.29. The zero-order valence-corrected chi connectivity index (χ0v) is 19.8. The summed E-state index contributed by atoms with van der Waals surface area (Å²) in [7, 11) is -2.00. The van der Waals surface area contributed by atoms with Gasteiger partial charge in [-0.25, -0.2) is 8.42 Å². The molecule has 2 heterocycles. The Morgan fingerprint density at radius 1 is 1.09 bits per heavy atom. The fraction of sp³-hybridized carbons (Fsp3) is 0.458. The van der Waals surface area contributed by atoms with Gasteiger partial charge in [0.15, 0.2) is 0 Å². The Hall–Kier alpha value is -2.09. The summed E-state index contributed by atoms with van der Waals surface area (Å²) in [5.41, 5.74) is 1.14. The first-order chi connectivity index (χ1) is 15.4. The van der Waals surface area contributed by atoms with E-state index in [4.69, 9.17) is 16.3 Å². The third kappa shape index (κ3) is 4.95. The number of likely N-dealkylation sites (tertiary alicyclic amines) is 1. The quantitative estimate of drug-likeness (QED) is 0.632. The maximum atomic E-state index is 13.4. The van der Waals surface area contributed by atoms with Crippen LogP contribution in [-0.2, 0) is 21.2 Å². The van der Waals surface area contributed by atoms with Gasteiger partial charge in [0.25, 0.3) is 0 Å². The summed E-state index contributed by atoms with van der Waals surface area (Å²) in [6, 6.07) is 14.3. The molecule has 0 saturated carbocycles. The summed E-state index contributed by atoms with van der Waals surface area (Å²) < 4.78 is 33.0. The molecule has 0 aromatic heterocycles. The number of amides is 1. The zero-order valence-electron chi connectivity index (χ0n) is 18.2. The van der Waals surface area contributed by atoms with Gasteiger partial charge in [0.1, 0.15) is 5.75 Å². The molecule has 2 saturated heterocycles. The number of carbonyl (C=O) groups excluding carboxylic acids is 1. The molecule has 2 aliphatic heterocycles. The van der Waals surface area contributed by atoms with E-state index >= 15 is 0 Å². The standard InChI is InChI=1S/C24H29ClN2O4S/c1-31-22-8-2-5-18(16-22)15-21-7-4-14-27(21)24(28)19-6-3-13-26(17-19)32(29,30)23-11-9-20(25)10-12-23/h2,5,8-12,16,19,21H,3-4,6-7,13-15,17H2,1H3. The van der Waals surface area contributed by atoms with Gasteiger partial charge in [-0.15, -0.1) is 0 Å². The topological polar surface area (TPSA) is 66.9 Å². The maximum absolute atomic E-state index is 13.4. The van der Waals surface area contributed by atoms with Crippen LogP contribution in [0.3, 0.4) is 0 Å². The molecule has 6 nitrogen and oxygen atoms in total. The Kier molecular flexibility index (Phi) is 7.08. The molecule has 2 aromatic rings. The summed E-state index contributed by atoms with van der Waals surface area (Å²) >= 11 is 5.91. The normalized spacial score (nSPS) is 22.1. The second kappa shape index (κ2) is 9.81. The lowest BCUT2D eigenvalue weighted by Crippen LogP contribution is -2.48. The number of rotatable bonds is 6. The van der Waals surface area contributed by atoms with Crippen LogP contribution in [0.5, 0.6) is 5.75 Å². The fourth-order valence-corrected chi connectivity index (χ4v) is 6.41. The van der Waals surface area contributed by atoms with Gasteiger partial charge in [-0.2, -0.15) is 4.31 Å². The minimum Gasteiger partial charge on any atom is -0.497 e. The molecule has 0 radical (unpaired) electrons. The van der Waals surface area contributed by atoms with Crippen LogP contribution in [0.2, 0.25) is 5.02 Å². The first-order valence-electron chi connectivity index (χ1n) is 11.1. The number of hydrogen-bond donors (Lipinski definition) is 0. The Balaban J connectivity index is 1.45. The van der Waals surface area contributed by atoms with Crippen molar-refractivity contribution in [1.29, 1.82) is 0 Å². The Bertz CT molecular complexity index is 1060. The van der Waals surface area contributed by atoms with Gasteiger partial charge in [-0.05, 0) is 74.1 Å². The third-order valence-corrected chi connectivity index (χ3v) is 8.58. The van der Waals surface area contributed by atoms with Crippen molar-refractivity contribution in [2.45, 2.75) is 43.0 Å². The summed E-state index contributed by atoms with van der Waals surface area (Å²) in [6.07, 6.45) is 4.11. The summed E-state index contributed by atoms with van der Waals surface area (Å²) in [4.78, 5) is 15.6. The Labute approximate surface area is 195 Å². The summed E-state index contributed by atoms with van der Waals surface area (Å²) in [5.74, 6) is 0.580. The Morgan fingerprint density at radius 2 is 1.84 bits per heavy atom. The van der Waals surface area contributed by atoms with E-state index in [-0.39, 0.29) is 29.3 Å². The number of benzene rings is 2. The van der Waals surface area contributed by atoms with Crippen molar-refractivity contribution in [3.05, 3.63) is 59.1 Å². The van der Waals surface area contributed by atoms with E-state index in [9.17, 15) is 13.2 Å². The Morgan fingerprint density at radius 3 is 2.59 bits per heavy atom. The second-order valence-corrected chi connectivity index (χ2v) is 10.9. The number of ether oxygens (including phenoxy) is 1. The van der Waals surface area contributed by atoms with E-state index in [0.717, 1.165) is 37.1 Å². The zero-order chi connectivity index (χ0) is 22.7. The van der Waals surface area contributed by atoms with Crippen LogP contribution in [0.4, 0.5) is 0 Å². The fourth-order valence-electron chi connectivity index (χ4n) is 4.76. The van der Waals surface area contributed by atoms with Crippen LogP contribution in [0, 0.1) is 5.92 Å². The molecule has 4 rings (SSSR count). The molecule has 32 heavy (non-hydrogen) atoms. The van der Waals surface area contributed by atoms with Gasteiger partial charge in [0, 0.05) is 30.7 Å². The van der Waals surface area contributed by atoms with Crippen LogP contribution in [-0.4, -0.2) is 56.3 Å². The molecule has 0 spiro atoms. The van der Waals surface area contributed by atoms with Crippen molar-refractivity contribution < 1.29 is 17.9 Å². The lowest BCUT2D eigenvalue weighted by atomic mass is 9.96. The van der Waals surface area contributed by atoms with Crippen molar-refractivity contribution in [2.75, 3.05) is 26.7 Å². The van der Waals surface area contributed by atoms with Gasteiger partial charge >= 0.3 is 0 Å². The number of hydrogen-bond acceptors (Lipinski definition) is 4. The van der Waals surface area contributed by atoms with Gasteiger partial charge in [0.05, 0.1) is 17.9 Å². The van der Waals surface area contributed by atoms with Gasteiger partial charge in [0.2, 0.25) is 15.9 Å². The molecule has 1 amide bonds. The van der Waals surface area contributed by atoms with E-state index in [1.54, 1.807) is 19.2 Å². The average Bonchev–Trinajstić information content (AvgIpc) is 3.27. The van der Waals surface area contributed by atoms with Crippen LogP contribution in [0.15, 0.2) is 53.4 Å². The van der Waals surface area contributed by atoms with Crippen LogP contribution < -0.4 is 4.74 Å². The average molecular weight is 477 g/mol. The number of nitrogens with zero attached hydrogens (tertiary/aromatic N) is 2. The first-order valence-corrected chi connectivity index (χ1v) is 12.9. The minimum absolute atomic E-state index is 0.0754. The monoisotopic (exact) mass is 476 g/mol. The lowest BCUT2D eigenvalue weighted by Gasteiger charge is -2.35. The summed E-state index contributed by atoms with van der Waals surface area (Å²) in [6.45, 7) is 1.39. The van der Waals surface area contributed by atoms with Crippen molar-refractivity contribution in [3.63, 3.8) is 0 Å². The third-order valence-electron chi connectivity index (χ3n) is 6.45. The highest BCUT2D eigenvalue weighted by molar-refractivity contribution is 7.89. The van der Waals surface area contributed by atoms with E-state index in [2.05, 4.69) is 6.07 Å². The maximum Gasteiger partial charge on any atom is 0.243 e. The smallest absolute Gasteiger partial charge is 0.243 e. The predicted octanol–water partition coefficient (Wildman–Crippen LogP) is 3.98. The molecule has 2 atom stereocenters. The predicted molar refractivity (Wildman–Crippen MR) is 124 cm³/mol. The van der Waals surface area contributed by atoms with Gasteiger partial charge < -0.3 is 9.64 Å². The van der Waals surface area contributed by atoms with E-state index in [1.165, 1.54) is 16.4 Å². The first kappa shape index (κ1) is 23.1. The molecule has 172 valence electrons. The van der Waals surface area contributed by atoms with Crippen molar-refractivity contribution in [3.8, 4) is 5.75 Å². The van der Waals surface area contributed by atoms with Crippen molar-refractivity contribution in [1.82, 2.24) is 9.21 Å². The minimum atomic E-state index is -3.65. The van der Waals surface area contributed by atoms with Crippen LogP contribution in [0.1, 0.15) is 31.2 Å². The molecular formula is C24H29ClN2O4S. The van der Waals surface area contributed by atoms with E-state index < -0.39 is 10.0 Å². The highest BCUT2D eigenvalue weighted by Gasteiger charge is 2.38. The molecular weight excluding hydrogens is 448 g/mol. The van der Waals surface area contributed by atoms with Gasteiger partial charge in [-0.3, -0.25) is 4.79 Å². The molecule has 2 unspecified atom stereocenters. The number of halogens is 1. The molecule has 0 N–H and O–H groups in total. The van der Waals surface area contributed by atoms with Crippen molar-refractivity contribution in [2.24, 2.45) is 5.92 Å². The summed E-state index contributed by atoms with van der Waals surface area (Å²) in [5, 5.41) is 0.492. The number of methoxy groups -OCH3 is 1. The molecule has 2 aromatic carbocycles. The SMILES string of the molecule is COc1cccc(CC2CCCN2C(=O)C2CCCN(S(=O)(=O)c3ccc(Cl)cc3)C2)c1. The highest BCUT2D eigenvalue weighted by atomic mass is 35.5. The molecule has 0 aliphatic carbocycles. The van der Waals surface area contributed by atoms with Crippen LogP contribution >= 0.6 is 11.6 Å². The van der Waals surface area contributed by atoms with Gasteiger partial charge in [-0.1, -0.05) is 23.7 Å². The lowest BCUT2D eigenvalue weighted by molar-refractivity contribution is -0.137. The largest absolute Gasteiger partial charge is 0.497 e. The molecule has 8 heteroatoms. The van der Waals surface area contributed by atoms with Crippen LogP contribution in [0.25, 0.3) is 0 Å². The number of sulfonamides is 1.